The van der Waals surface area contributed by atoms with Crippen molar-refractivity contribution in [2.45, 2.75) is 18.8 Å². The van der Waals surface area contributed by atoms with Crippen molar-refractivity contribution in [3.63, 3.8) is 0 Å². The molecule has 1 aliphatic heterocycles. The van der Waals surface area contributed by atoms with E-state index >= 15 is 0 Å². The van der Waals surface area contributed by atoms with E-state index in [0.29, 0.717) is 0 Å². The number of allylic oxidation sites excluding steroid dienone is 2. The van der Waals surface area contributed by atoms with E-state index in [0.717, 1.165) is 12.5 Å². The summed E-state index contributed by atoms with van der Waals surface area (Å²) in [5.74, 6) is 0.113. The van der Waals surface area contributed by atoms with Gasteiger partial charge in [-0.3, -0.25) is 9.69 Å². The Balaban J connectivity index is 1.76. The summed E-state index contributed by atoms with van der Waals surface area (Å²) in [5.41, 5.74) is -0.558. The number of rotatable bonds is 2. The lowest BCUT2D eigenvalue weighted by Crippen LogP contribution is -2.38. The molecule has 2 bridgehead atoms. The molecule has 2 fully saturated rings. The number of carbonyl (C=O) groups excluding carboxylic acids is 1. The van der Waals surface area contributed by atoms with Crippen LogP contribution in [0.1, 0.15) is 12.0 Å². The van der Waals surface area contributed by atoms with Gasteiger partial charge in [-0.1, -0.05) is 28.1 Å². The van der Waals surface area contributed by atoms with Crippen LogP contribution in [-0.4, -0.2) is 19.2 Å². The van der Waals surface area contributed by atoms with Gasteiger partial charge in [0.1, 0.15) is 6.23 Å². The fourth-order valence-electron chi connectivity index (χ4n) is 4.47. The van der Waals surface area contributed by atoms with Crippen molar-refractivity contribution in [3.8, 4) is 0 Å². The van der Waals surface area contributed by atoms with E-state index < -0.39 is 18.0 Å². The summed E-state index contributed by atoms with van der Waals surface area (Å²) in [5, 5.41) is 0. The van der Waals surface area contributed by atoms with Gasteiger partial charge in [0.25, 0.3) is 0 Å². The Bertz CT molecular complexity index is 733. The third-order valence-corrected chi connectivity index (χ3v) is 6.09. The number of methoxy groups -OCH3 is 1. The predicted octanol–water partition coefficient (Wildman–Crippen LogP) is 4.23. The molecule has 3 nitrogen and oxygen atoms in total. The van der Waals surface area contributed by atoms with Crippen LogP contribution in [0.3, 0.4) is 0 Å². The molecule has 1 unspecified atom stereocenters. The molecular formula is C17H15BrF3NO2. The summed E-state index contributed by atoms with van der Waals surface area (Å²) in [6, 6.07) is 3.88. The van der Waals surface area contributed by atoms with E-state index in [-0.39, 0.29) is 39.7 Å². The molecule has 128 valence electrons. The molecular weight excluding hydrogens is 387 g/mol. The van der Waals surface area contributed by atoms with Crippen molar-refractivity contribution in [3.05, 3.63) is 40.4 Å². The molecule has 3 aliphatic rings. The standard InChI is InChI=1S/C17H15BrF3NO2/c1-24-16-14-9-3-2-8(6-9)13(14)15(23)22(16)10-4-5-12(18)11(7-10)17(19,20)21/h2-5,7-9,13-14,16H,6H2,1H3/t8-,9+,13-,14+,16?/m0/s1. The zero-order chi connectivity index (χ0) is 17.2. The topological polar surface area (TPSA) is 29.5 Å². The molecule has 1 aromatic carbocycles. The molecule has 4 rings (SSSR count). The summed E-state index contributed by atoms with van der Waals surface area (Å²) in [6.07, 6.45) is 0.0873. The van der Waals surface area contributed by atoms with Crippen LogP contribution in [-0.2, 0) is 15.7 Å². The number of fused-ring (bicyclic) bond motifs is 5. The summed E-state index contributed by atoms with van der Waals surface area (Å²) >= 11 is 2.94. The smallest absolute Gasteiger partial charge is 0.361 e. The van der Waals surface area contributed by atoms with Gasteiger partial charge in [0, 0.05) is 23.2 Å². The highest BCUT2D eigenvalue weighted by Crippen LogP contribution is 2.55. The Hall–Kier alpha value is -1.34. The maximum absolute atomic E-state index is 13.2. The van der Waals surface area contributed by atoms with E-state index in [1.807, 2.05) is 0 Å². The second kappa shape index (κ2) is 5.33. The quantitative estimate of drug-likeness (QED) is 0.694. The average molecular weight is 402 g/mol. The second-order valence-electron chi connectivity index (χ2n) is 6.55. The molecule has 5 atom stereocenters. The van der Waals surface area contributed by atoms with E-state index in [2.05, 4.69) is 28.1 Å². The minimum Gasteiger partial charge on any atom is -0.361 e. The molecule has 1 saturated heterocycles. The van der Waals surface area contributed by atoms with Gasteiger partial charge < -0.3 is 4.74 Å². The van der Waals surface area contributed by atoms with Crippen molar-refractivity contribution in [1.82, 2.24) is 0 Å². The van der Waals surface area contributed by atoms with Gasteiger partial charge in [-0.2, -0.15) is 13.2 Å². The monoisotopic (exact) mass is 401 g/mol. The van der Waals surface area contributed by atoms with Crippen LogP contribution < -0.4 is 4.90 Å². The number of hydrogen-bond donors (Lipinski definition) is 0. The first-order valence-electron chi connectivity index (χ1n) is 7.74. The maximum atomic E-state index is 13.2. The third kappa shape index (κ3) is 2.17. The first kappa shape index (κ1) is 16.1. The van der Waals surface area contributed by atoms with Gasteiger partial charge in [0.15, 0.2) is 0 Å². The molecule has 1 aromatic rings. The Morgan fingerprint density at radius 1 is 1.25 bits per heavy atom. The number of halogens is 4. The SMILES string of the molecule is COC1[C@H]2[C@@H](C(=O)N1c1ccc(Br)c(C(F)(F)F)c1)[C@H]1C=C[C@@H]2C1. The fourth-order valence-corrected chi connectivity index (χ4v) is 4.94. The highest BCUT2D eigenvalue weighted by Gasteiger charge is 2.60. The van der Waals surface area contributed by atoms with Crippen molar-refractivity contribution in [2.24, 2.45) is 23.7 Å². The number of amides is 1. The molecule has 1 amide bonds. The van der Waals surface area contributed by atoms with Crippen LogP contribution in [0.15, 0.2) is 34.8 Å². The zero-order valence-corrected chi connectivity index (χ0v) is 14.3. The van der Waals surface area contributed by atoms with E-state index in [9.17, 15) is 18.0 Å². The zero-order valence-electron chi connectivity index (χ0n) is 12.8. The van der Waals surface area contributed by atoms with Crippen molar-refractivity contribution < 1.29 is 22.7 Å². The second-order valence-corrected chi connectivity index (χ2v) is 7.40. The summed E-state index contributed by atoms with van der Waals surface area (Å²) < 4.78 is 45.1. The minimum absolute atomic E-state index is 0.00971. The van der Waals surface area contributed by atoms with Crippen LogP contribution in [0.2, 0.25) is 0 Å². The fraction of sp³-hybridized carbons (Fsp3) is 0.471. The van der Waals surface area contributed by atoms with E-state index in [1.165, 1.54) is 24.1 Å². The normalized spacial score (nSPS) is 34.3. The van der Waals surface area contributed by atoms with Gasteiger partial charge in [-0.25, -0.2) is 0 Å². The van der Waals surface area contributed by atoms with E-state index in [4.69, 9.17) is 4.74 Å². The molecule has 0 spiro atoms. The van der Waals surface area contributed by atoms with Crippen molar-refractivity contribution in [2.75, 3.05) is 12.0 Å². The van der Waals surface area contributed by atoms with Crippen molar-refractivity contribution in [1.29, 1.82) is 0 Å². The van der Waals surface area contributed by atoms with Crippen LogP contribution >= 0.6 is 15.9 Å². The lowest BCUT2D eigenvalue weighted by Gasteiger charge is -2.29. The molecule has 24 heavy (non-hydrogen) atoms. The Morgan fingerprint density at radius 2 is 1.96 bits per heavy atom. The summed E-state index contributed by atoms with van der Waals surface area (Å²) in [7, 11) is 1.51. The summed E-state index contributed by atoms with van der Waals surface area (Å²) in [6.45, 7) is 0. The average Bonchev–Trinajstić information content (AvgIpc) is 3.19. The summed E-state index contributed by atoms with van der Waals surface area (Å²) in [4.78, 5) is 14.3. The predicted molar refractivity (Wildman–Crippen MR) is 85.1 cm³/mol. The molecule has 7 heteroatoms. The number of alkyl halides is 3. The number of nitrogens with zero attached hydrogens (tertiary/aromatic N) is 1. The third-order valence-electron chi connectivity index (χ3n) is 5.40. The highest BCUT2D eigenvalue weighted by molar-refractivity contribution is 9.10. The van der Waals surface area contributed by atoms with Crippen LogP contribution in [0, 0.1) is 23.7 Å². The molecule has 0 N–H and O–H groups in total. The maximum Gasteiger partial charge on any atom is 0.417 e. The Kier molecular flexibility index (Phi) is 3.58. The minimum atomic E-state index is -4.49. The molecule has 0 radical (unpaired) electrons. The van der Waals surface area contributed by atoms with Crippen LogP contribution in [0.4, 0.5) is 18.9 Å². The highest BCUT2D eigenvalue weighted by atomic mass is 79.9. The molecule has 0 aromatic heterocycles. The Morgan fingerprint density at radius 3 is 2.62 bits per heavy atom. The van der Waals surface area contributed by atoms with Crippen LogP contribution in [0.25, 0.3) is 0 Å². The van der Waals surface area contributed by atoms with Crippen molar-refractivity contribution >= 4 is 27.5 Å². The number of benzene rings is 1. The molecule has 1 saturated carbocycles. The van der Waals surface area contributed by atoms with Gasteiger partial charge in [-0.05, 0) is 36.5 Å². The van der Waals surface area contributed by atoms with Gasteiger partial charge in [-0.15, -0.1) is 0 Å². The number of ether oxygens (including phenoxy) is 1. The molecule has 2 aliphatic carbocycles. The number of anilines is 1. The first-order chi connectivity index (χ1) is 11.3. The lowest BCUT2D eigenvalue weighted by atomic mass is 9.85. The number of hydrogen-bond acceptors (Lipinski definition) is 2. The molecule has 1 heterocycles. The van der Waals surface area contributed by atoms with Gasteiger partial charge >= 0.3 is 6.18 Å². The van der Waals surface area contributed by atoms with Gasteiger partial charge in [0.05, 0.1) is 11.5 Å². The lowest BCUT2D eigenvalue weighted by molar-refractivity contribution is -0.138. The van der Waals surface area contributed by atoms with Gasteiger partial charge in [0.2, 0.25) is 5.91 Å². The largest absolute Gasteiger partial charge is 0.417 e. The number of carbonyl (C=O) groups is 1. The first-order valence-corrected chi connectivity index (χ1v) is 8.53. The van der Waals surface area contributed by atoms with Crippen LogP contribution in [0.5, 0.6) is 0 Å². The van der Waals surface area contributed by atoms with E-state index in [1.54, 1.807) is 0 Å². The Labute approximate surface area is 145 Å².